The molecule has 1 aromatic rings. The molecule has 1 aliphatic carbocycles. The lowest BCUT2D eigenvalue weighted by Gasteiger charge is -2.32. The van der Waals surface area contributed by atoms with Crippen molar-refractivity contribution in [3.63, 3.8) is 0 Å². The average Bonchev–Trinajstić information content (AvgIpc) is 2.00. The molecule has 1 atom stereocenters. The van der Waals surface area contributed by atoms with Crippen molar-refractivity contribution in [1.29, 1.82) is 0 Å². The third-order valence-electron chi connectivity index (χ3n) is 3.28. The van der Waals surface area contributed by atoms with Crippen LogP contribution < -0.4 is 5.73 Å². The van der Waals surface area contributed by atoms with Crippen LogP contribution in [0.4, 0.5) is 0 Å². The first-order valence-corrected chi connectivity index (χ1v) is 5.38. The van der Waals surface area contributed by atoms with Gasteiger partial charge in [-0.05, 0) is 44.2 Å². The fraction of sp³-hybridized carbons (Fsp3) is 0.583. The van der Waals surface area contributed by atoms with Gasteiger partial charge >= 0.3 is 0 Å². The lowest BCUT2D eigenvalue weighted by Crippen LogP contribution is -2.27. The molecule has 0 aromatic carbocycles. The van der Waals surface area contributed by atoms with Gasteiger partial charge in [-0.3, -0.25) is 4.98 Å². The predicted octanol–water partition coefficient (Wildman–Crippen LogP) is 2.50. The van der Waals surface area contributed by atoms with E-state index in [2.05, 4.69) is 24.0 Å². The normalized spacial score (nSPS) is 19.1. The fourth-order valence-corrected chi connectivity index (χ4v) is 2.10. The van der Waals surface area contributed by atoms with Crippen molar-refractivity contribution in [2.75, 3.05) is 0 Å². The molecule has 0 spiro atoms. The van der Waals surface area contributed by atoms with Gasteiger partial charge in [-0.2, -0.15) is 0 Å². The Morgan fingerprint density at radius 3 is 2.57 bits per heavy atom. The summed E-state index contributed by atoms with van der Waals surface area (Å²) in [6.07, 6.45) is 3.92. The van der Waals surface area contributed by atoms with Crippen LogP contribution in [0.15, 0.2) is 12.1 Å². The van der Waals surface area contributed by atoms with Gasteiger partial charge in [-0.15, -0.1) is 0 Å². The molecule has 0 saturated heterocycles. The van der Waals surface area contributed by atoms with E-state index in [4.69, 9.17) is 5.73 Å². The maximum absolute atomic E-state index is 6.21. The zero-order chi connectivity index (χ0) is 10.1. The molecule has 0 aliphatic heterocycles. The number of hydrogen-bond acceptors (Lipinski definition) is 2. The van der Waals surface area contributed by atoms with E-state index in [0.717, 1.165) is 11.4 Å². The molecule has 0 amide bonds. The summed E-state index contributed by atoms with van der Waals surface area (Å²) in [5, 5.41) is 0. The highest BCUT2D eigenvalue weighted by atomic mass is 14.7. The minimum atomic E-state index is 0.205. The minimum Gasteiger partial charge on any atom is -0.324 e. The van der Waals surface area contributed by atoms with Crippen LogP contribution in [0.3, 0.4) is 0 Å². The van der Waals surface area contributed by atoms with Gasteiger partial charge in [0, 0.05) is 17.4 Å². The molecular formula is C12H18N2. The van der Waals surface area contributed by atoms with Crippen LogP contribution in [0.2, 0.25) is 0 Å². The zero-order valence-corrected chi connectivity index (χ0v) is 8.96. The predicted molar refractivity (Wildman–Crippen MR) is 58.0 cm³/mol. The van der Waals surface area contributed by atoms with Crippen LogP contribution in [-0.4, -0.2) is 4.98 Å². The molecule has 1 fully saturated rings. The second-order valence-electron chi connectivity index (χ2n) is 4.34. The van der Waals surface area contributed by atoms with E-state index in [1.54, 1.807) is 0 Å². The Labute approximate surface area is 85.5 Å². The number of aromatic nitrogens is 1. The number of nitrogens with zero attached hydrogens (tertiary/aromatic N) is 1. The van der Waals surface area contributed by atoms with Crippen molar-refractivity contribution in [3.8, 4) is 0 Å². The van der Waals surface area contributed by atoms with Gasteiger partial charge in [0.1, 0.15) is 0 Å². The summed E-state index contributed by atoms with van der Waals surface area (Å²) in [6.45, 7) is 4.08. The molecule has 1 aromatic heterocycles. The molecular weight excluding hydrogens is 172 g/mol. The molecule has 76 valence electrons. The second-order valence-corrected chi connectivity index (χ2v) is 4.34. The summed E-state index contributed by atoms with van der Waals surface area (Å²) in [4.78, 5) is 4.46. The highest BCUT2D eigenvalue weighted by Crippen LogP contribution is 2.36. The first kappa shape index (κ1) is 9.66. The highest BCUT2D eigenvalue weighted by Gasteiger charge is 2.26. The molecule has 1 unspecified atom stereocenters. The number of nitrogens with two attached hydrogens (primary N) is 1. The van der Waals surface area contributed by atoms with Crippen molar-refractivity contribution in [2.45, 2.75) is 39.2 Å². The van der Waals surface area contributed by atoms with E-state index in [0.29, 0.717) is 5.92 Å². The van der Waals surface area contributed by atoms with Crippen LogP contribution in [0.5, 0.6) is 0 Å². The molecule has 2 N–H and O–H groups in total. The van der Waals surface area contributed by atoms with E-state index >= 15 is 0 Å². The Hall–Kier alpha value is -0.890. The minimum absolute atomic E-state index is 0.205. The van der Waals surface area contributed by atoms with Gasteiger partial charge < -0.3 is 5.73 Å². The summed E-state index contributed by atoms with van der Waals surface area (Å²) in [7, 11) is 0. The van der Waals surface area contributed by atoms with Crippen LogP contribution >= 0.6 is 0 Å². The monoisotopic (exact) mass is 190 g/mol. The summed E-state index contributed by atoms with van der Waals surface area (Å²) in [5.74, 6) is 0.693. The van der Waals surface area contributed by atoms with Crippen molar-refractivity contribution < 1.29 is 0 Å². The molecule has 1 aliphatic rings. The lowest BCUT2D eigenvalue weighted by molar-refractivity contribution is 0.263. The molecule has 1 heterocycles. The molecule has 1 saturated carbocycles. The van der Waals surface area contributed by atoms with Gasteiger partial charge in [-0.25, -0.2) is 0 Å². The molecule has 2 nitrogen and oxygen atoms in total. The van der Waals surface area contributed by atoms with Gasteiger partial charge in [0.05, 0.1) is 0 Å². The van der Waals surface area contributed by atoms with Crippen LogP contribution in [0.25, 0.3) is 0 Å². The fourth-order valence-electron chi connectivity index (χ4n) is 2.10. The Morgan fingerprint density at radius 2 is 2.07 bits per heavy atom. The van der Waals surface area contributed by atoms with E-state index in [1.165, 1.54) is 24.8 Å². The van der Waals surface area contributed by atoms with Crippen LogP contribution in [0, 0.1) is 19.8 Å². The SMILES string of the molecule is Cc1ccc(C(N)C2CCC2)c(C)n1. The Bertz CT molecular complexity index is 329. The largest absolute Gasteiger partial charge is 0.324 e. The third kappa shape index (κ3) is 1.67. The first-order chi connectivity index (χ1) is 6.68. The summed E-state index contributed by atoms with van der Waals surface area (Å²) in [6, 6.07) is 4.40. The smallest absolute Gasteiger partial charge is 0.0423 e. The number of pyridine rings is 1. The number of rotatable bonds is 2. The van der Waals surface area contributed by atoms with Gasteiger partial charge in [0.25, 0.3) is 0 Å². The first-order valence-electron chi connectivity index (χ1n) is 5.38. The molecule has 14 heavy (non-hydrogen) atoms. The van der Waals surface area contributed by atoms with E-state index in [9.17, 15) is 0 Å². The molecule has 0 radical (unpaired) electrons. The quantitative estimate of drug-likeness (QED) is 0.778. The Morgan fingerprint density at radius 1 is 1.36 bits per heavy atom. The van der Waals surface area contributed by atoms with E-state index in [1.807, 2.05) is 6.92 Å². The summed E-state index contributed by atoms with van der Waals surface area (Å²) < 4.78 is 0. The van der Waals surface area contributed by atoms with Crippen LogP contribution in [0.1, 0.15) is 42.3 Å². The van der Waals surface area contributed by atoms with Crippen molar-refractivity contribution in [2.24, 2.45) is 11.7 Å². The second kappa shape index (κ2) is 3.70. The average molecular weight is 190 g/mol. The molecule has 0 bridgehead atoms. The maximum atomic E-state index is 6.21. The lowest BCUT2D eigenvalue weighted by atomic mass is 9.77. The third-order valence-corrected chi connectivity index (χ3v) is 3.28. The maximum Gasteiger partial charge on any atom is 0.0423 e. The summed E-state index contributed by atoms with van der Waals surface area (Å²) in [5.41, 5.74) is 9.62. The van der Waals surface area contributed by atoms with Crippen molar-refractivity contribution in [3.05, 3.63) is 29.1 Å². The Kier molecular flexibility index (Phi) is 2.55. The van der Waals surface area contributed by atoms with Crippen LogP contribution in [-0.2, 0) is 0 Å². The van der Waals surface area contributed by atoms with Gasteiger partial charge in [0.15, 0.2) is 0 Å². The summed E-state index contributed by atoms with van der Waals surface area (Å²) >= 11 is 0. The van der Waals surface area contributed by atoms with Gasteiger partial charge in [-0.1, -0.05) is 12.5 Å². The van der Waals surface area contributed by atoms with Crippen molar-refractivity contribution >= 4 is 0 Å². The van der Waals surface area contributed by atoms with E-state index in [-0.39, 0.29) is 6.04 Å². The molecule has 2 rings (SSSR count). The number of hydrogen-bond donors (Lipinski definition) is 1. The van der Waals surface area contributed by atoms with Crippen molar-refractivity contribution in [1.82, 2.24) is 4.98 Å². The standard InChI is InChI=1S/C12H18N2/c1-8-6-7-11(9(2)14-8)12(13)10-4-3-5-10/h6-7,10,12H,3-5,13H2,1-2H3. The Balaban J connectivity index is 2.22. The highest BCUT2D eigenvalue weighted by molar-refractivity contribution is 5.25. The molecule has 2 heteroatoms. The zero-order valence-electron chi connectivity index (χ0n) is 8.96. The topological polar surface area (TPSA) is 38.9 Å². The van der Waals surface area contributed by atoms with E-state index < -0.39 is 0 Å². The van der Waals surface area contributed by atoms with Gasteiger partial charge in [0.2, 0.25) is 0 Å². The number of aryl methyl sites for hydroxylation is 2.